The highest BCUT2D eigenvalue weighted by Gasteiger charge is 2.60. The highest BCUT2D eigenvalue weighted by molar-refractivity contribution is 7.80. The Kier molecular flexibility index (Phi) is 4.14. The maximum Gasteiger partial charge on any atom is 0.397 e. The molecule has 0 aliphatic heterocycles. The Morgan fingerprint density at radius 1 is 1.04 bits per heavy atom. The summed E-state index contributed by atoms with van der Waals surface area (Å²) in [4.78, 5) is 12.4. The fraction of sp³-hybridized carbons (Fsp3) is 0.947. The number of rotatable bonds is 2. The molecular weight excluding hydrogens is 340 g/mol. The number of Topliss-reactive ketones (excluding diaryl/α,β-unsaturated/α-hetero) is 1. The van der Waals surface area contributed by atoms with E-state index in [0.29, 0.717) is 35.9 Å². The molecule has 0 radical (unpaired) electrons. The van der Waals surface area contributed by atoms with Crippen LogP contribution >= 0.6 is 0 Å². The molecule has 0 unspecified atom stereocenters. The third-order valence-corrected chi connectivity index (χ3v) is 9.10. The van der Waals surface area contributed by atoms with Gasteiger partial charge < -0.3 is 0 Å². The Labute approximate surface area is 150 Å². The van der Waals surface area contributed by atoms with Gasteiger partial charge in [-0.1, -0.05) is 13.8 Å². The fourth-order valence-corrected chi connectivity index (χ4v) is 7.77. The van der Waals surface area contributed by atoms with Crippen molar-refractivity contribution < 1.29 is 21.9 Å². The highest BCUT2D eigenvalue weighted by atomic mass is 32.3. The average Bonchev–Trinajstić information content (AvgIpc) is 2.82. The zero-order chi connectivity index (χ0) is 18.0. The molecule has 4 fully saturated rings. The minimum atomic E-state index is -4.37. The van der Waals surface area contributed by atoms with Crippen molar-refractivity contribution in [3.63, 3.8) is 0 Å². The van der Waals surface area contributed by atoms with Gasteiger partial charge in [0.1, 0.15) is 5.78 Å². The molecule has 142 valence electrons. The molecule has 0 amide bonds. The summed E-state index contributed by atoms with van der Waals surface area (Å²) in [6.45, 7) is 4.59. The summed E-state index contributed by atoms with van der Waals surface area (Å²) in [5.41, 5.74) is 0.130. The number of hydrogen-bond acceptors (Lipinski definition) is 4. The molecule has 0 spiro atoms. The van der Waals surface area contributed by atoms with E-state index < -0.39 is 10.4 Å². The lowest BCUT2D eigenvalue weighted by Crippen LogP contribution is -2.54. The molecule has 0 aromatic heterocycles. The van der Waals surface area contributed by atoms with E-state index in [1.54, 1.807) is 0 Å². The van der Waals surface area contributed by atoms with E-state index in [1.165, 1.54) is 0 Å². The fourth-order valence-electron chi connectivity index (χ4n) is 7.25. The molecule has 0 heterocycles. The summed E-state index contributed by atoms with van der Waals surface area (Å²) >= 11 is 0. The zero-order valence-electron chi connectivity index (χ0n) is 15.2. The number of carbonyl (C=O) groups excluding carboxylic acids is 1. The van der Waals surface area contributed by atoms with Gasteiger partial charge in [-0.05, 0) is 80.5 Å². The van der Waals surface area contributed by atoms with Gasteiger partial charge in [0.25, 0.3) is 0 Å². The summed E-state index contributed by atoms with van der Waals surface area (Å²) in [7, 11) is -4.37. The van der Waals surface area contributed by atoms with Crippen LogP contribution in [-0.2, 0) is 19.4 Å². The van der Waals surface area contributed by atoms with E-state index in [-0.39, 0.29) is 16.9 Å². The van der Waals surface area contributed by atoms with Crippen LogP contribution in [0.15, 0.2) is 0 Å². The van der Waals surface area contributed by atoms with Gasteiger partial charge in [-0.3, -0.25) is 9.35 Å². The van der Waals surface area contributed by atoms with Gasteiger partial charge in [0.2, 0.25) is 0 Å². The molecule has 5 nitrogen and oxygen atoms in total. The van der Waals surface area contributed by atoms with Crippen LogP contribution in [0.2, 0.25) is 0 Å². The summed E-state index contributed by atoms with van der Waals surface area (Å²) in [6, 6.07) is 0. The van der Waals surface area contributed by atoms with E-state index in [4.69, 9.17) is 8.74 Å². The first-order valence-corrected chi connectivity index (χ1v) is 11.2. The van der Waals surface area contributed by atoms with Crippen LogP contribution in [0.25, 0.3) is 0 Å². The minimum absolute atomic E-state index is 0.0877. The number of hydrogen-bond donors (Lipinski definition) is 1. The SMILES string of the molecule is C[C@@]12CC[C@H](OS(=O)(=O)O)C[C@H]1CC[C@H]1[C@H]2CC[C@@]2(C)C(=O)CC[C@H]12. The van der Waals surface area contributed by atoms with Crippen LogP contribution in [0.4, 0.5) is 0 Å². The first-order chi connectivity index (χ1) is 11.6. The predicted molar refractivity (Wildman–Crippen MR) is 93.2 cm³/mol. The Hall–Kier alpha value is -0.460. The van der Waals surface area contributed by atoms with Crippen molar-refractivity contribution in [2.45, 2.75) is 77.7 Å². The topological polar surface area (TPSA) is 80.7 Å². The number of carbonyl (C=O) groups is 1. The Bertz CT molecular complexity index is 673. The Morgan fingerprint density at radius 2 is 1.80 bits per heavy atom. The van der Waals surface area contributed by atoms with Crippen molar-refractivity contribution in [2.24, 2.45) is 34.5 Å². The Morgan fingerprint density at radius 3 is 2.52 bits per heavy atom. The lowest BCUT2D eigenvalue weighted by Gasteiger charge is -2.60. The van der Waals surface area contributed by atoms with Crippen LogP contribution in [0.3, 0.4) is 0 Å². The molecule has 0 bridgehead atoms. The largest absolute Gasteiger partial charge is 0.397 e. The van der Waals surface area contributed by atoms with Crippen molar-refractivity contribution >= 4 is 16.2 Å². The molecule has 7 atom stereocenters. The summed E-state index contributed by atoms with van der Waals surface area (Å²) in [5.74, 6) is 2.76. The zero-order valence-corrected chi connectivity index (χ0v) is 16.1. The lowest BCUT2D eigenvalue weighted by molar-refractivity contribution is -0.141. The van der Waals surface area contributed by atoms with E-state index in [2.05, 4.69) is 13.8 Å². The van der Waals surface area contributed by atoms with Crippen molar-refractivity contribution in [3.8, 4) is 0 Å². The third kappa shape index (κ3) is 2.79. The molecule has 4 aliphatic carbocycles. The molecule has 4 aliphatic rings. The molecule has 0 aromatic rings. The van der Waals surface area contributed by atoms with Gasteiger partial charge in [-0.2, -0.15) is 8.42 Å². The first-order valence-electron chi connectivity index (χ1n) is 9.82. The minimum Gasteiger partial charge on any atom is -0.299 e. The summed E-state index contributed by atoms with van der Waals surface area (Å²) in [5, 5.41) is 0. The average molecular weight is 371 g/mol. The smallest absolute Gasteiger partial charge is 0.299 e. The predicted octanol–water partition coefficient (Wildman–Crippen LogP) is 3.79. The summed E-state index contributed by atoms with van der Waals surface area (Å²) in [6.07, 6.45) is 8.19. The maximum atomic E-state index is 12.4. The van der Waals surface area contributed by atoms with Gasteiger partial charge in [0.15, 0.2) is 0 Å². The van der Waals surface area contributed by atoms with Crippen LogP contribution in [0.1, 0.15) is 71.6 Å². The van der Waals surface area contributed by atoms with Crippen molar-refractivity contribution in [1.82, 2.24) is 0 Å². The van der Waals surface area contributed by atoms with Crippen molar-refractivity contribution in [2.75, 3.05) is 0 Å². The van der Waals surface area contributed by atoms with Gasteiger partial charge in [-0.15, -0.1) is 0 Å². The van der Waals surface area contributed by atoms with Crippen LogP contribution in [-0.4, -0.2) is 24.9 Å². The second-order valence-corrected chi connectivity index (χ2v) is 10.5. The van der Waals surface area contributed by atoms with Crippen molar-refractivity contribution in [3.05, 3.63) is 0 Å². The van der Waals surface area contributed by atoms with Crippen molar-refractivity contribution in [1.29, 1.82) is 0 Å². The Balaban J connectivity index is 1.54. The van der Waals surface area contributed by atoms with E-state index >= 15 is 0 Å². The molecular formula is C19H30O5S. The monoisotopic (exact) mass is 370 g/mol. The number of ketones is 1. The van der Waals surface area contributed by atoms with Crippen LogP contribution < -0.4 is 0 Å². The molecule has 4 rings (SSSR count). The van der Waals surface area contributed by atoms with E-state index in [0.717, 1.165) is 51.4 Å². The molecule has 1 N–H and O–H groups in total. The summed E-state index contributed by atoms with van der Waals surface area (Å²) < 4.78 is 36.0. The number of fused-ring (bicyclic) bond motifs is 5. The van der Waals surface area contributed by atoms with Crippen LogP contribution in [0.5, 0.6) is 0 Å². The molecule has 4 saturated carbocycles. The molecule has 6 heteroatoms. The van der Waals surface area contributed by atoms with Gasteiger partial charge in [0.05, 0.1) is 6.10 Å². The second kappa shape index (κ2) is 5.77. The first kappa shape index (κ1) is 17.9. The van der Waals surface area contributed by atoms with Gasteiger partial charge >= 0.3 is 10.4 Å². The normalized spacial score (nSPS) is 50.0. The molecule has 0 aromatic carbocycles. The molecule has 0 saturated heterocycles. The molecule has 25 heavy (non-hydrogen) atoms. The standard InChI is InChI=1S/C19H30O5S/c1-18-9-7-13(24-25(21,22)23)11-12(18)3-4-14-15-5-6-17(20)19(15,2)10-8-16(14)18/h12-16H,3-11H2,1-2H3,(H,21,22,23)/t12-,13+,14-,15-,16-,18-,19-/m1/s1. The van der Waals surface area contributed by atoms with Gasteiger partial charge in [0, 0.05) is 11.8 Å². The maximum absolute atomic E-state index is 12.4. The van der Waals surface area contributed by atoms with Gasteiger partial charge in [-0.25, -0.2) is 4.18 Å². The van der Waals surface area contributed by atoms with Crippen LogP contribution in [0, 0.1) is 34.5 Å². The highest BCUT2D eigenvalue weighted by Crippen LogP contribution is 2.65. The van der Waals surface area contributed by atoms with E-state index in [1.807, 2.05) is 0 Å². The lowest BCUT2D eigenvalue weighted by atomic mass is 9.45. The second-order valence-electron chi connectivity index (χ2n) is 9.50. The third-order valence-electron chi connectivity index (χ3n) is 8.58. The van der Waals surface area contributed by atoms with E-state index in [9.17, 15) is 13.2 Å². The quantitative estimate of drug-likeness (QED) is 0.748.